The number of aryl methyl sites for hydroxylation is 3. The number of nitrogens with zero attached hydrogens (tertiary/aromatic N) is 2. The summed E-state index contributed by atoms with van der Waals surface area (Å²) in [5, 5.41) is 6.96. The van der Waals surface area contributed by atoms with Gasteiger partial charge in [0.15, 0.2) is 6.10 Å². The maximum absolute atomic E-state index is 12.8. The lowest BCUT2D eigenvalue weighted by atomic mass is 10.1. The van der Waals surface area contributed by atoms with Crippen LogP contribution in [0.5, 0.6) is 0 Å². The topological polar surface area (TPSA) is 73.2 Å². The number of aromatic nitrogens is 2. The van der Waals surface area contributed by atoms with Gasteiger partial charge in [0, 0.05) is 13.5 Å². The van der Waals surface area contributed by atoms with E-state index >= 15 is 0 Å². The molecule has 1 N–H and O–H groups in total. The summed E-state index contributed by atoms with van der Waals surface area (Å²) in [6, 6.07) is 5.92. The fourth-order valence-electron chi connectivity index (χ4n) is 2.39. The third-order valence-corrected chi connectivity index (χ3v) is 3.97. The van der Waals surface area contributed by atoms with Crippen LogP contribution in [0.3, 0.4) is 0 Å². The number of hydrogen-bond acceptors (Lipinski definition) is 4. The van der Waals surface area contributed by atoms with Crippen LogP contribution < -0.4 is 5.32 Å². The molecule has 0 bridgehead atoms. The molecule has 1 aromatic heterocycles. The third kappa shape index (κ3) is 4.89. The molecule has 2 aromatic rings. The molecule has 0 saturated heterocycles. The van der Waals surface area contributed by atoms with Crippen LogP contribution in [0, 0.1) is 19.7 Å². The van der Waals surface area contributed by atoms with Gasteiger partial charge in [0.05, 0.1) is 17.1 Å². The van der Waals surface area contributed by atoms with Crippen LogP contribution in [0.1, 0.15) is 30.3 Å². The minimum Gasteiger partial charge on any atom is -0.453 e. The van der Waals surface area contributed by atoms with E-state index in [1.807, 2.05) is 6.92 Å². The lowest BCUT2D eigenvalue weighted by molar-refractivity contribution is -0.153. The highest BCUT2D eigenvalue weighted by Gasteiger charge is 2.20. The van der Waals surface area contributed by atoms with Crippen molar-refractivity contribution in [3.8, 4) is 0 Å². The van der Waals surface area contributed by atoms with Gasteiger partial charge in [-0.15, -0.1) is 0 Å². The van der Waals surface area contributed by atoms with Gasteiger partial charge >= 0.3 is 5.97 Å². The molecule has 1 amide bonds. The monoisotopic (exact) mass is 347 g/mol. The maximum Gasteiger partial charge on any atom is 0.306 e. The number of nitrogens with one attached hydrogen (secondary N) is 1. The first kappa shape index (κ1) is 18.6. The predicted octanol–water partition coefficient (Wildman–Crippen LogP) is 2.68. The molecule has 7 heteroatoms. The molecule has 6 nitrogen and oxygen atoms in total. The van der Waals surface area contributed by atoms with Crippen LogP contribution >= 0.6 is 0 Å². The van der Waals surface area contributed by atoms with Crippen molar-refractivity contribution in [2.24, 2.45) is 7.05 Å². The van der Waals surface area contributed by atoms with E-state index in [9.17, 15) is 14.0 Å². The lowest BCUT2D eigenvalue weighted by Gasteiger charge is -2.14. The number of amides is 1. The molecule has 1 aromatic carbocycles. The largest absolute Gasteiger partial charge is 0.453 e. The molecular formula is C18H22FN3O3. The van der Waals surface area contributed by atoms with Gasteiger partial charge in [0.2, 0.25) is 0 Å². The van der Waals surface area contributed by atoms with Crippen molar-refractivity contribution in [3.63, 3.8) is 0 Å². The Morgan fingerprint density at radius 3 is 2.48 bits per heavy atom. The number of carbonyl (C=O) groups excluding carboxylic acids is 2. The smallest absolute Gasteiger partial charge is 0.306 e. The fourth-order valence-corrected chi connectivity index (χ4v) is 2.39. The van der Waals surface area contributed by atoms with Crippen molar-refractivity contribution >= 4 is 17.6 Å². The molecule has 25 heavy (non-hydrogen) atoms. The summed E-state index contributed by atoms with van der Waals surface area (Å²) in [7, 11) is 1.79. The minimum atomic E-state index is -0.917. The summed E-state index contributed by atoms with van der Waals surface area (Å²) in [5.74, 6) is -1.21. The maximum atomic E-state index is 12.8. The number of rotatable bonds is 6. The van der Waals surface area contributed by atoms with E-state index in [1.165, 1.54) is 19.1 Å². The molecule has 0 saturated carbocycles. The van der Waals surface area contributed by atoms with E-state index in [2.05, 4.69) is 10.4 Å². The first-order valence-electron chi connectivity index (χ1n) is 8.03. The Bertz CT molecular complexity index is 769. The van der Waals surface area contributed by atoms with Gasteiger partial charge in [-0.2, -0.15) is 5.10 Å². The van der Waals surface area contributed by atoms with Crippen molar-refractivity contribution < 1.29 is 18.7 Å². The van der Waals surface area contributed by atoms with Crippen LogP contribution in [0.2, 0.25) is 0 Å². The molecule has 1 heterocycles. The Morgan fingerprint density at radius 1 is 1.28 bits per heavy atom. The minimum absolute atomic E-state index is 0.119. The van der Waals surface area contributed by atoms with Crippen LogP contribution in [-0.4, -0.2) is 27.8 Å². The van der Waals surface area contributed by atoms with Crippen molar-refractivity contribution in [1.82, 2.24) is 9.78 Å². The predicted molar refractivity (Wildman–Crippen MR) is 91.6 cm³/mol. The number of anilines is 1. The summed E-state index contributed by atoms with van der Waals surface area (Å²) in [5.41, 5.74) is 2.97. The summed E-state index contributed by atoms with van der Waals surface area (Å²) >= 11 is 0. The molecule has 0 unspecified atom stereocenters. The van der Waals surface area contributed by atoms with Crippen molar-refractivity contribution in [2.75, 3.05) is 5.32 Å². The molecule has 1 atom stereocenters. The Kier molecular flexibility index (Phi) is 5.90. The van der Waals surface area contributed by atoms with Crippen molar-refractivity contribution in [3.05, 3.63) is 47.0 Å². The summed E-state index contributed by atoms with van der Waals surface area (Å²) < 4.78 is 19.7. The second kappa shape index (κ2) is 7.92. The third-order valence-electron chi connectivity index (χ3n) is 3.97. The molecule has 0 aliphatic rings. The second-order valence-corrected chi connectivity index (χ2v) is 5.92. The second-order valence-electron chi connectivity index (χ2n) is 5.92. The number of hydrogen-bond donors (Lipinski definition) is 1. The van der Waals surface area contributed by atoms with Crippen LogP contribution in [0.25, 0.3) is 0 Å². The molecule has 134 valence electrons. The average molecular weight is 347 g/mol. The Hall–Kier alpha value is -2.70. The quantitative estimate of drug-likeness (QED) is 0.816. The normalized spacial score (nSPS) is 11.9. The summed E-state index contributed by atoms with van der Waals surface area (Å²) in [4.78, 5) is 24.1. The van der Waals surface area contributed by atoms with Crippen molar-refractivity contribution in [1.29, 1.82) is 0 Å². The van der Waals surface area contributed by atoms with Gasteiger partial charge in [-0.1, -0.05) is 12.1 Å². The van der Waals surface area contributed by atoms with E-state index in [-0.39, 0.29) is 12.2 Å². The van der Waals surface area contributed by atoms with Gasteiger partial charge in [0.25, 0.3) is 5.91 Å². The molecule has 0 fully saturated rings. The number of esters is 1. The zero-order valence-electron chi connectivity index (χ0n) is 14.8. The highest BCUT2D eigenvalue weighted by atomic mass is 19.1. The van der Waals surface area contributed by atoms with Crippen molar-refractivity contribution in [2.45, 2.75) is 39.7 Å². The Morgan fingerprint density at radius 2 is 1.92 bits per heavy atom. The van der Waals surface area contributed by atoms with Gasteiger partial charge in [-0.3, -0.25) is 14.3 Å². The van der Waals surface area contributed by atoms with Crippen LogP contribution in [0.15, 0.2) is 24.3 Å². The van der Waals surface area contributed by atoms with E-state index < -0.39 is 18.0 Å². The number of carbonyl (C=O) groups is 2. The standard InChI is InChI=1S/C18H22FN3O3/c1-11-17(12(2)22(4)21-11)20-18(24)13(3)25-16(23)10-7-14-5-8-15(19)9-6-14/h5-6,8-9,13H,7,10H2,1-4H3,(H,20,24)/t13-/m1/s1. The van der Waals surface area contributed by atoms with Gasteiger partial charge in [0.1, 0.15) is 5.82 Å². The molecular weight excluding hydrogens is 325 g/mol. The lowest BCUT2D eigenvalue weighted by Crippen LogP contribution is -2.30. The van der Waals surface area contributed by atoms with Crippen LogP contribution in [0.4, 0.5) is 10.1 Å². The van der Waals surface area contributed by atoms with E-state index in [0.717, 1.165) is 11.3 Å². The Labute approximate surface area is 146 Å². The first-order valence-corrected chi connectivity index (χ1v) is 8.03. The number of benzene rings is 1. The SMILES string of the molecule is Cc1nn(C)c(C)c1NC(=O)[C@@H](C)OC(=O)CCc1ccc(F)cc1. The highest BCUT2D eigenvalue weighted by molar-refractivity contribution is 5.96. The molecule has 0 spiro atoms. The average Bonchev–Trinajstić information content (AvgIpc) is 2.80. The van der Waals surface area contributed by atoms with Crippen LogP contribution in [-0.2, 0) is 27.8 Å². The summed E-state index contributed by atoms with van der Waals surface area (Å²) in [6.07, 6.45) is -0.373. The fraction of sp³-hybridized carbons (Fsp3) is 0.389. The van der Waals surface area contributed by atoms with Gasteiger partial charge in [-0.05, 0) is 44.9 Å². The van der Waals surface area contributed by atoms with E-state index in [0.29, 0.717) is 17.8 Å². The van der Waals surface area contributed by atoms with E-state index in [1.54, 1.807) is 30.8 Å². The molecule has 0 aliphatic carbocycles. The summed E-state index contributed by atoms with van der Waals surface area (Å²) in [6.45, 7) is 5.16. The van der Waals surface area contributed by atoms with E-state index in [4.69, 9.17) is 4.74 Å². The van der Waals surface area contributed by atoms with Gasteiger partial charge < -0.3 is 10.1 Å². The molecule has 0 aliphatic heterocycles. The molecule has 0 radical (unpaired) electrons. The highest BCUT2D eigenvalue weighted by Crippen LogP contribution is 2.18. The Balaban J connectivity index is 1.85. The zero-order chi connectivity index (χ0) is 18.6. The molecule has 2 rings (SSSR count). The first-order chi connectivity index (χ1) is 11.8. The number of ether oxygens (including phenoxy) is 1. The van der Waals surface area contributed by atoms with Gasteiger partial charge in [-0.25, -0.2) is 4.39 Å². The zero-order valence-corrected chi connectivity index (χ0v) is 14.8. The number of halogens is 1.